The number of hydrogen-bond acceptors (Lipinski definition) is 7. The monoisotopic (exact) mass is 696 g/mol. The van der Waals surface area contributed by atoms with Crippen molar-refractivity contribution >= 4 is 58.0 Å². The Hall–Kier alpha value is -5.11. The molecule has 2 heterocycles. The van der Waals surface area contributed by atoms with Crippen molar-refractivity contribution in [2.45, 2.75) is 69.1 Å². The zero-order valence-electron chi connectivity index (χ0n) is 27.1. The molecule has 14 nitrogen and oxygen atoms in total. The lowest BCUT2D eigenvalue weighted by Crippen LogP contribution is -2.60. The number of phenols is 1. The number of fused-ring (bicyclic) bond motifs is 1. The number of aromatic hydroxyl groups is 1. The number of likely N-dealkylation sites (tertiary alicyclic amines) is 1. The number of carbonyl (C=O) groups excluding carboxylic acids is 5. The minimum Gasteiger partial charge on any atom is -0.508 e. The van der Waals surface area contributed by atoms with E-state index in [1.165, 1.54) is 24.1 Å². The van der Waals surface area contributed by atoms with Crippen molar-refractivity contribution in [1.29, 1.82) is 0 Å². The molecule has 4 rings (SSSR count). The van der Waals surface area contributed by atoms with Crippen molar-refractivity contribution in [2.75, 3.05) is 19.5 Å². The van der Waals surface area contributed by atoms with Crippen LogP contribution in [-0.4, -0.2) is 104 Å². The van der Waals surface area contributed by atoms with E-state index in [1.807, 2.05) is 24.3 Å². The number of aromatic nitrogens is 1. The molecule has 0 saturated carbocycles. The van der Waals surface area contributed by atoms with Crippen molar-refractivity contribution in [3.8, 4) is 5.75 Å². The normalized spacial score (nSPS) is 16.3. The average molecular weight is 697 g/mol. The molecule has 1 aliphatic rings. The molecule has 1 fully saturated rings. The van der Waals surface area contributed by atoms with Crippen LogP contribution in [0.1, 0.15) is 43.2 Å². The Balaban J connectivity index is 1.60. The van der Waals surface area contributed by atoms with Gasteiger partial charge in [0.15, 0.2) is 0 Å². The number of nitrogens with two attached hydrogens (primary N) is 1. The van der Waals surface area contributed by atoms with E-state index in [4.69, 9.17) is 17.3 Å². The molecule has 1 saturated heterocycles. The molecule has 2 aromatic carbocycles. The fraction of sp³-hybridized carbons (Fsp3) is 0.412. The van der Waals surface area contributed by atoms with Gasteiger partial charge in [-0.05, 0) is 55.0 Å². The van der Waals surface area contributed by atoms with E-state index in [2.05, 4.69) is 15.6 Å². The minimum absolute atomic E-state index is 0.0289. The number of H-pyrrole nitrogens is 1. The van der Waals surface area contributed by atoms with E-state index < -0.39 is 65.6 Å². The van der Waals surface area contributed by atoms with Gasteiger partial charge in [0.25, 0.3) is 0 Å². The number of piperidine rings is 1. The van der Waals surface area contributed by atoms with Crippen LogP contribution >= 0.6 is 11.6 Å². The topological polar surface area (TPSA) is 215 Å². The van der Waals surface area contributed by atoms with Crippen LogP contribution < -0.4 is 16.4 Å². The van der Waals surface area contributed by atoms with E-state index in [1.54, 1.807) is 18.3 Å². The van der Waals surface area contributed by atoms with Crippen molar-refractivity contribution in [1.82, 2.24) is 25.4 Å². The molecular weight excluding hydrogens is 656 g/mol. The van der Waals surface area contributed by atoms with Gasteiger partial charge in [0.1, 0.15) is 35.8 Å². The number of nitrogens with zero attached hydrogens (tertiary/aromatic N) is 2. The second-order valence-corrected chi connectivity index (χ2v) is 12.4. The molecule has 4 atom stereocenters. The Bertz CT molecular complexity index is 1680. The summed E-state index contributed by atoms with van der Waals surface area (Å²) >= 11 is 5.74. The summed E-state index contributed by atoms with van der Waals surface area (Å²) in [6, 6.07) is 8.99. The fourth-order valence-corrected chi connectivity index (χ4v) is 6.22. The molecule has 0 aliphatic carbocycles. The van der Waals surface area contributed by atoms with Crippen LogP contribution in [0.25, 0.3) is 10.9 Å². The highest BCUT2D eigenvalue weighted by atomic mass is 35.5. The van der Waals surface area contributed by atoms with Gasteiger partial charge in [0.05, 0.1) is 0 Å². The fourth-order valence-electron chi connectivity index (χ4n) is 6.03. The van der Waals surface area contributed by atoms with Crippen LogP contribution in [0.4, 0.5) is 0 Å². The van der Waals surface area contributed by atoms with Crippen LogP contribution in [0.3, 0.4) is 0 Å². The molecule has 0 radical (unpaired) electrons. The molecule has 262 valence electrons. The van der Waals surface area contributed by atoms with Crippen LogP contribution in [0.5, 0.6) is 5.75 Å². The van der Waals surface area contributed by atoms with Gasteiger partial charge < -0.3 is 41.4 Å². The predicted molar refractivity (Wildman–Crippen MR) is 180 cm³/mol. The zero-order valence-corrected chi connectivity index (χ0v) is 27.8. The van der Waals surface area contributed by atoms with Crippen LogP contribution in [-0.2, 0) is 41.6 Å². The van der Waals surface area contributed by atoms with E-state index >= 15 is 0 Å². The third-order valence-corrected chi connectivity index (χ3v) is 8.98. The molecule has 3 aromatic rings. The van der Waals surface area contributed by atoms with E-state index in [-0.39, 0.29) is 44.4 Å². The first kappa shape index (κ1) is 36.7. The average Bonchev–Trinajstić information content (AvgIpc) is 3.50. The number of carbonyl (C=O) groups is 6. The summed E-state index contributed by atoms with van der Waals surface area (Å²) in [6.45, 7) is 0.180. The quantitative estimate of drug-likeness (QED) is 0.128. The molecule has 0 bridgehead atoms. The van der Waals surface area contributed by atoms with E-state index in [0.29, 0.717) is 18.4 Å². The largest absolute Gasteiger partial charge is 0.508 e. The second kappa shape index (κ2) is 16.8. The van der Waals surface area contributed by atoms with E-state index in [9.17, 15) is 39.0 Å². The SMILES string of the molecule is CN(C(=O)CCl)[C@@H](CCC(=O)O)C(=O)N1CCCC[C@H]1C(=O)NC(Cc1c[nH]c2ccccc12)C(=O)N[C@@H](Cc1ccc(O)cc1)C(N)=O. The van der Waals surface area contributed by atoms with Crippen LogP contribution in [0, 0.1) is 0 Å². The standard InChI is InChI=1S/C34H41ClN6O8/c1-40(29(43)18-35)28(13-14-30(44)45)34(49)41-15-5-4-8-27(41)33(48)39-26(17-21-19-37-24-7-3-2-6-23(21)24)32(47)38-25(31(36)46)16-20-9-11-22(42)12-10-20/h2-3,6-7,9-12,19,25-28,37,42H,4-5,8,13-18H2,1H3,(H2,36,46)(H,38,47)(H,39,48)(H,44,45)/t25-,26?,27-,28-/m0/s1. The lowest BCUT2D eigenvalue weighted by atomic mass is 9.97. The smallest absolute Gasteiger partial charge is 0.303 e. The third-order valence-electron chi connectivity index (χ3n) is 8.75. The van der Waals surface area contributed by atoms with Crippen molar-refractivity contribution < 1.29 is 39.0 Å². The number of alkyl halides is 1. The van der Waals surface area contributed by atoms with Gasteiger partial charge in [-0.15, -0.1) is 11.6 Å². The van der Waals surface area contributed by atoms with E-state index in [0.717, 1.165) is 21.4 Å². The number of amides is 5. The van der Waals surface area contributed by atoms with Gasteiger partial charge >= 0.3 is 5.97 Å². The molecule has 1 aliphatic heterocycles. The second-order valence-electron chi connectivity index (χ2n) is 12.1. The Morgan fingerprint density at radius 1 is 1.02 bits per heavy atom. The highest BCUT2D eigenvalue weighted by molar-refractivity contribution is 6.27. The number of aliphatic carboxylic acids is 1. The number of nitrogens with one attached hydrogen (secondary N) is 3. The van der Waals surface area contributed by atoms with Gasteiger partial charge in [-0.1, -0.05) is 30.3 Å². The molecular formula is C34H41ClN6O8. The first-order chi connectivity index (χ1) is 23.4. The lowest BCUT2D eigenvalue weighted by Gasteiger charge is -2.39. The number of rotatable bonds is 15. The Morgan fingerprint density at radius 2 is 1.73 bits per heavy atom. The number of para-hydroxylation sites is 1. The number of phenolic OH excluding ortho intramolecular Hbond substituents is 1. The highest BCUT2D eigenvalue weighted by Gasteiger charge is 2.39. The number of aromatic amines is 1. The molecule has 5 amide bonds. The number of benzene rings is 2. The molecule has 1 aromatic heterocycles. The van der Waals surface area contributed by atoms with Gasteiger partial charge in [0.2, 0.25) is 29.5 Å². The molecule has 0 spiro atoms. The first-order valence-corrected chi connectivity index (χ1v) is 16.5. The number of primary amides is 1. The molecule has 7 N–H and O–H groups in total. The van der Waals surface area contributed by atoms with Gasteiger partial charge in [-0.25, -0.2) is 0 Å². The summed E-state index contributed by atoms with van der Waals surface area (Å²) in [4.78, 5) is 83.6. The van der Waals surface area contributed by atoms with Gasteiger partial charge in [-0.3, -0.25) is 28.8 Å². The number of carboxylic acid groups (broad SMARTS) is 1. The summed E-state index contributed by atoms with van der Waals surface area (Å²) in [5.74, 6) is -4.80. The maximum atomic E-state index is 14.0. The van der Waals surface area contributed by atoms with Crippen molar-refractivity contribution in [3.63, 3.8) is 0 Å². The summed E-state index contributed by atoms with van der Waals surface area (Å²) in [5.41, 5.74) is 7.82. The number of likely N-dealkylation sites (N-methyl/N-ethyl adjacent to an activating group) is 1. The lowest BCUT2D eigenvalue weighted by molar-refractivity contribution is -0.151. The Labute approximate surface area is 287 Å². The maximum Gasteiger partial charge on any atom is 0.303 e. The predicted octanol–water partition coefficient (Wildman–Crippen LogP) is 1.43. The molecule has 15 heteroatoms. The number of hydrogen-bond donors (Lipinski definition) is 6. The molecule has 49 heavy (non-hydrogen) atoms. The number of carboxylic acids is 1. The maximum absolute atomic E-state index is 14.0. The van der Waals surface area contributed by atoms with Crippen LogP contribution in [0.2, 0.25) is 0 Å². The first-order valence-electron chi connectivity index (χ1n) is 16.0. The third kappa shape index (κ3) is 9.50. The minimum atomic E-state index is -1.20. The van der Waals surface area contributed by atoms with Crippen molar-refractivity contribution in [2.24, 2.45) is 5.73 Å². The summed E-state index contributed by atoms with van der Waals surface area (Å²) in [7, 11) is 1.36. The zero-order chi connectivity index (χ0) is 35.7. The number of halogens is 1. The Morgan fingerprint density at radius 3 is 2.41 bits per heavy atom. The van der Waals surface area contributed by atoms with Crippen LogP contribution in [0.15, 0.2) is 54.7 Å². The highest BCUT2D eigenvalue weighted by Crippen LogP contribution is 2.23. The van der Waals surface area contributed by atoms with Crippen molar-refractivity contribution in [3.05, 3.63) is 65.9 Å². The summed E-state index contributed by atoms with van der Waals surface area (Å²) < 4.78 is 0. The van der Waals surface area contributed by atoms with Gasteiger partial charge in [0, 0.05) is 50.0 Å². The molecule has 1 unspecified atom stereocenters. The summed E-state index contributed by atoms with van der Waals surface area (Å²) in [6.07, 6.45) is 2.67. The van der Waals surface area contributed by atoms with Gasteiger partial charge in [-0.2, -0.15) is 0 Å². The summed E-state index contributed by atoms with van der Waals surface area (Å²) in [5, 5.41) is 25.2. The Kier molecular flexibility index (Phi) is 12.6.